The molecule has 13 heavy (non-hydrogen) atoms. The Balaban J connectivity index is 2.04. The molecule has 0 aromatic carbocycles. The maximum atomic E-state index is 2.64. The van der Waals surface area contributed by atoms with E-state index in [0.717, 1.165) is 0 Å². The standard InChI is InChI=1S/C11H22N2/c1-10(2,3)13-8-7-12(4)11(9-13)5-6-11/h5-9H2,1-4H3. The largest absolute Gasteiger partial charge is 0.298 e. The van der Waals surface area contributed by atoms with Crippen LogP contribution in [0.4, 0.5) is 0 Å². The Morgan fingerprint density at radius 1 is 1.08 bits per heavy atom. The molecule has 1 aliphatic carbocycles. The van der Waals surface area contributed by atoms with Gasteiger partial charge in [0.05, 0.1) is 0 Å². The molecule has 0 amide bonds. The average molecular weight is 182 g/mol. The second-order valence-corrected chi connectivity index (χ2v) is 5.74. The highest BCUT2D eigenvalue weighted by Gasteiger charge is 2.50. The quantitative estimate of drug-likeness (QED) is 0.561. The highest BCUT2D eigenvalue weighted by molar-refractivity contribution is 5.08. The molecule has 2 rings (SSSR count). The molecule has 0 unspecified atom stereocenters. The summed E-state index contributed by atoms with van der Waals surface area (Å²) < 4.78 is 0. The highest BCUT2D eigenvalue weighted by Crippen LogP contribution is 2.44. The van der Waals surface area contributed by atoms with Crippen LogP contribution in [0.15, 0.2) is 0 Å². The van der Waals surface area contributed by atoms with Gasteiger partial charge in [0, 0.05) is 30.7 Å². The molecule has 76 valence electrons. The Hall–Kier alpha value is -0.0800. The fourth-order valence-electron chi connectivity index (χ4n) is 2.32. The van der Waals surface area contributed by atoms with Crippen LogP contribution >= 0.6 is 0 Å². The molecule has 2 fully saturated rings. The molecule has 1 saturated carbocycles. The minimum absolute atomic E-state index is 0.358. The third-order valence-corrected chi connectivity index (χ3v) is 3.78. The third kappa shape index (κ3) is 1.62. The van der Waals surface area contributed by atoms with E-state index in [9.17, 15) is 0 Å². The molecule has 1 heterocycles. The SMILES string of the molecule is CN1CCN(C(C)(C)C)CC12CC2. The van der Waals surface area contributed by atoms with E-state index < -0.39 is 0 Å². The van der Waals surface area contributed by atoms with E-state index in [2.05, 4.69) is 37.6 Å². The van der Waals surface area contributed by atoms with Gasteiger partial charge in [-0.2, -0.15) is 0 Å². The fourth-order valence-corrected chi connectivity index (χ4v) is 2.32. The van der Waals surface area contributed by atoms with E-state index in [4.69, 9.17) is 0 Å². The Morgan fingerprint density at radius 3 is 2.15 bits per heavy atom. The van der Waals surface area contributed by atoms with Gasteiger partial charge in [-0.1, -0.05) is 0 Å². The van der Waals surface area contributed by atoms with Crippen molar-refractivity contribution >= 4 is 0 Å². The van der Waals surface area contributed by atoms with E-state index in [1.54, 1.807) is 0 Å². The maximum absolute atomic E-state index is 2.64. The topological polar surface area (TPSA) is 6.48 Å². The molecule has 0 aromatic heterocycles. The number of piperazine rings is 1. The first-order valence-corrected chi connectivity index (χ1v) is 5.40. The van der Waals surface area contributed by atoms with Crippen molar-refractivity contribution in [3.63, 3.8) is 0 Å². The van der Waals surface area contributed by atoms with Crippen LogP contribution in [-0.4, -0.2) is 47.6 Å². The van der Waals surface area contributed by atoms with Gasteiger partial charge in [-0.3, -0.25) is 9.80 Å². The number of hydrogen-bond acceptors (Lipinski definition) is 2. The van der Waals surface area contributed by atoms with E-state index in [1.807, 2.05) is 0 Å². The van der Waals surface area contributed by atoms with Crippen molar-refractivity contribution in [3.8, 4) is 0 Å². The summed E-state index contributed by atoms with van der Waals surface area (Å²) in [7, 11) is 2.28. The van der Waals surface area contributed by atoms with Crippen molar-refractivity contribution in [1.29, 1.82) is 0 Å². The van der Waals surface area contributed by atoms with Gasteiger partial charge >= 0.3 is 0 Å². The molecule has 1 spiro atoms. The van der Waals surface area contributed by atoms with E-state index in [1.165, 1.54) is 32.5 Å². The summed E-state index contributed by atoms with van der Waals surface area (Å²) in [5.74, 6) is 0. The van der Waals surface area contributed by atoms with Crippen LogP contribution in [0.2, 0.25) is 0 Å². The van der Waals surface area contributed by atoms with Crippen LogP contribution in [0.3, 0.4) is 0 Å². The number of hydrogen-bond donors (Lipinski definition) is 0. The molecule has 0 atom stereocenters. The monoisotopic (exact) mass is 182 g/mol. The minimum Gasteiger partial charge on any atom is -0.298 e. The molecule has 2 aliphatic rings. The molecule has 0 N–H and O–H groups in total. The van der Waals surface area contributed by atoms with Gasteiger partial charge < -0.3 is 0 Å². The smallest absolute Gasteiger partial charge is 0.0335 e. The van der Waals surface area contributed by atoms with E-state index >= 15 is 0 Å². The molecule has 0 radical (unpaired) electrons. The lowest BCUT2D eigenvalue weighted by molar-refractivity contribution is 0.0239. The lowest BCUT2D eigenvalue weighted by atomic mass is 10.0. The lowest BCUT2D eigenvalue weighted by Crippen LogP contribution is -2.58. The van der Waals surface area contributed by atoms with Crippen molar-refractivity contribution < 1.29 is 0 Å². The molecule has 1 saturated heterocycles. The first kappa shape index (κ1) is 9.47. The van der Waals surface area contributed by atoms with Gasteiger partial charge in [0.2, 0.25) is 0 Å². The van der Waals surface area contributed by atoms with Gasteiger partial charge in [-0.05, 0) is 40.7 Å². The summed E-state index contributed by atoms with van der Waals surface area (Å²) in [5.41, 5.74) is 0.933. The van der Waals surface area contributed by atoms with Crippen molar-refractivity contribution in [3.05, 3.63) is 0 Å². The molecular weight excluding hydrogens is 160 g/mol. The van der Waals surface area contributed by atoms with Crippen LogP contribution in [0.1, 0.15) is 33.6 Å². The van der Waals surface area contributed by atoms with Gasteiger partial charge in [0.15, 0.2) is 0 Å². The third-order valence-electron chi connectivity index (χ3n) is 3.78. The van der Waals surface area contributed by atoms with Gasteiger partial charge in [-0.25, -0.2) is 0 Å². The van der Waals surface area contributed by atoms with Gasteiger partial charge in [0.25, 0.3) is 0 Å². The van der Waals surface area contributed by atoms with Crippen LogP contribution < -0.4 is 0 Å². The summed E-state index contributed by atoms with van der Waals surface area (Å²) >= 11 is 0. The van der Waals surface area contributed by atoms with Crippen molar-refractivity contribution in [1.82, 2.24) is 9.80 Å². The predicted molar refractivity (Wildman–Crippen MR) is 55.9 cm³/mol. The Kier molecular flexibility index (Phi) is 1.97. The molecule has 0 aromatic rings. The fraction of sp³-hybridized carbons (Fsp3) is 1.00. The number of nitrogens with zero attached hydrogens (tertiary/aromatic N) is 2. The van der Waals surface area contributed by atoms with Crippen LogP contribution in [0.5, 0.6) is 0 Å². The van der Waals surface area contributed by atoms with E-state index in [-0.39, 0.29) is 0 Å². The van der Waals surface area contributed by atoms with Crippen molar-refractivity contribution in [2.24, 2.45) is 0 Å². The van der Waals surface area contributed by atoms with Gasteiger partial charge in [0.1, 0.15) is 0 Å². The zero-order valence-electron chi connectivity index (χ0n) is 9.43. The molecule has 0 bridgehead atoms. The Labute approximate surface area is 81.9 Å². The number of likely N-dealkylation sites (N-methyl/N-ethyl adjacent to an activating group) is 1. The van der Waals surface area contributed by atoms with Crippen LogP contribution in [-0.2, 0) is 0 Å². The molecule has 1 aliphatic heterocycles. The van der Waals surface area contributed by atoms with Crippen molar-refractivity contribution in [2.45, 2.75) is 44.7 Å². The molecular formula is C11H22N2. The maximum Gasteiger partial charge on any atom is 0.0335 e. The van der Waals surface area contributed by atoms with Crippen LogP contribution in [0.25, 0.3) is 0 Å². The molecule has 2 nitrogen and oxygen atoms in total. The lowest BCUT2D eigenvalue weighted by Gasteiger charge is -2.46. The summed E-state index contributed by atoms with van der Waals surface area (Å²) in [6.07, 6.45) is 2.83. The van der Waals surface area contributed by atoms with E-state index in [0.29, 0.717) is 11.1 Å². The first-order chi connectivity index (χ1) is 5.94. The summed E-state index contributed by atoms with van der Waals surface area (Å²) in [6, 6.07) is 0. The first-order valence-electron chi connectivity index (χ1n) is 5.40. The normalized spacial score (nSPS) is 29.5. The number of rotatable bonds is 0. The van der Waals surface area contributed by atoms with Crippen LogP contribution in [0, 0.1) is 0 Å². The Morgan fingerprint density at radius 2 is 1.69 bits per heavy atom. The average Bonchev–Trinajstić information content (AvgIpc) is 2.75. The Bertz CT molecular complexity index is 201. The second kappa shape index (κ2) is 2.71. The minimum atomic E-state index is 0.358. The zero-order valence-corrected chi connectivity index (χ0v) is 9.43. The summed E-state index contributed by atoms with van der Waals surface area (Å²) in [6.45, 7) is 10.8. The summed E-state index contributed by atoms with van der Waals surface area (Å²) in [5, 5.41) is 0. The highest BCUT2D eigenvalue weighted by atomic mass is 15.3. The predicted octanol–water partition coefficient (Wildman–Crippen LogP) is 1.56. The second-order valence-electron chi connectivity index (χ2n) is 5.74. The zero-order chi connectivity index (χ0) is 9.69. The van der Waals surface area contributed by atoms with Crippen molar-refractivity contribution in [2.75, 3.05) is 26.7 Å². The molecule has 2 heteroatoms. The summed E-state index contributed by atoms with van der Waals surface area (Å²) in [4.78, 5) is 5.20. The van der Waals surface area contributed by atoms with Gasteiger partial charge in [-0.15, -0.1) is 0 Å².